The second kappa shape index (κ2) is 16.6. The smallest absolute Gasteiger partial charge is 1.00 e. The van der Waals surface area contributed by atoms with Gasteiger partial charge in [0.1, 0.15) is 0 Å². The molecule has 4 heteroatoms. The first kappa shape index (κ1) is 27.8. The molecule has 0 aliphatic carbocycles. The van der Waals surface area contributed by atoms with Crippen LogP contribution >= 0.6 is 29.4 Å². The fourth-order valence-corrected chi connectivity index (χ4v) is 0. The maximum absolute atomic E-state index is 0. The van der Waals surface area contributed by atoms with Crippen molar-refractivity contribution in [3.63, 3.8) is 0 Å². The van der Waals surface area contributed by atoms with Gasteiger partial charge < -0.3 is 4.28 Å². The van der Waals surface area contributed by atoms with Gasteiger partial charge in [0.25, 0.3) is 0 Å². The van der Waals surface area contributed by atoms with Gasteiger partial charge in [-0.2, -0.15) is 0 Å². The first-order valence-electron chi connectivity index (χ1n) is 0. The number of rotatable bonds is 0. The van der Waals surface area contributed by atoms with E-state index in [-0.39, 0.29) is 101 Å². The van der Waals surface area contributed by atoms with Crippen LogP contribution in [0.5, 0.6) is 0 Å². The Morgan fingerprint density at radius 1 is 1.25 bits per heavy atom. The minimum Gasteiger partial charge on any atom is -1.00 e. The maximum atomic E-state index is 0. The van der Waals surface area contributed by atoms with E-state index in [1.54, 1.807) is 0 Å². The van der Waals surface area contributed by atoms with Crippen molar-refractivity contribution in [2.75, 3.05) is 0 Å². The molecule has 0 nitrogen and oxygen atoms in total. The van der Waals surface area contributed by atoms with Gasteiger partial charge in [0.2, 0.25) is 0 Å². The van der Waals surface area contributed by atoms with Gasteiger partial charge in [-0.25, -0.2) is 0 Å². The van der Waals surface area contributed by atoms with Crippen LogP contribution < -0.4 is 29.6 Å². The average Bonchev–Trinajstić information content (AvgIpc) is 0. The quantitative estimate of drug-likeness (QED) is 0.380. The SMILES string of the molecule is Br.Cl.[Ca+2].[H-].[H-].[H-].[Na+]. The Kier molecular flexibility index (Phi) is 116. The topological polar surface area (TPSA) is 0 Å². The molecule has 0 spiro atoms. The van der Waals surface area contributed by atoms with Crippen molar-refractivity contribution in [2.45, 2.75) is 0 Å². The van der Waals surface area contributed by atoms with Gasteiger partial charge in [-0.1, -0.05) is 0 Å². The number of halogens is 2. The van der Waals surface area contributed by atoms with E-state index in [2.05, 4.69) is 0 Å². The van der Waals surface area contributed by atoms with Crippen LogP contribution in [-0.4, -0.2) is 37.7 Å². The van der Waals surface area contributed by atoms with Crippen LogP contribution in [0.4, 0.5) is 0 Å². The Labute approximate surface area is 99.0 Å². The molecule has 0 aromatic carbocycles. The Morgan fingerprint density at radius 2 is 1.25 bits per heavy atom. The van der Waals surface area contributed by atoms with Gasteiger partial charge in [-0.3, -0.25) is 0 Å². The summed E-state index contributed by atoms with van der Waals surface area (Å²) in [5.74, 6) is 0. The summed E-state index contributed by atoms with van der Waals surface area (Å²) in [7, 11) is 0. The zero-order valence-corrected chi connectivity index (χ0v) is 9.26. The van der Waals surface area contributed by atoms with Crippen LogP contribution in [0.3, 0.4) is 0 Å². The molecular formula is H5BrCaClNa. The summed E-state index contributed by atoms with van der Waals surface area (Å²) >= 11 is 0. The second-order valence-corrected chi connectivity index (χ2v) is 0. The van der Waals surface area contributed by atoms with Gasteiger partial charge >= 0.3 is 67.3 Å². The van der Waals surface area contributed by atoms with Crippen LogP contribution in [0.25, 0.3) is 0 Å². The van der Waals surface area contributed by atoms with E-state index in [1.807, 2.05) is 0 Å². The molecule has 0 aliphatic heterocycles. The predicted molar refractivity (Wildman–Crippen MR) is 26.7 cm³/mol. The fourth-order valence-electron chi connectivity index (χ4n) is 0. The van der Waals surface area contributed by atoms with Gasteiger partial charge in [0, 0.05) is 0 Å². The summed E-state index contributed by atoms with van der Waals surface area (Å²) in [6.07, 6.45) is 0. The molecule has 0 fully saturated rings. The summed E-state index contributed by atoms with van der Waals surface area (Å²) in [6, 6.07) is 0. The van der Waals surface area contributed by atoms with Crippen LogP contribution in [0.15, 0.2) is 0 Å². The predicted octanol–water partition coefficient (Wildman–Crippen LogP) is -2.04. The third-order valence-electron chi connectivity index (χ3n) is 0. The molecule has 0 aromatic rings. The Bertz CT molecular complexity index is 14.9. The second-order valence-electron chi connectivity index (χ2n) is 0. The number of hydrogen-bond acceptors (Lipinski definition) is 0. The molecule has 0 radical (unpaired) electrons. The van der Waals surface area contributed by atoms with E-state index in [0.717, 1.165) is 0 Å². The molecule has 0 heterocycles. The van der Waals surface area contributed by atoms with Crippen molar-refractivity contribution < 1.29 is 33.8 Å². The zero-order valence-electron chi connectivity index (χ0n) is 5.52. The monoisotopic (exact) mass is 182 g/mol. The molecule has 22 valence electrons. The average molecular weight is 183 g/mol. The van der Waals surface area contributed by atoms with E-state index < -0.39 is 0 Å². The largest absolute Gasteiger partial charge is 2.00 e. The van der Waals surface area contributed by atoms with E-state index in [1.165, 1.54) is 0 Å². The third kappa shape index (κ3) is 8.90. The van der Waals surface area contributed by atoms with Crippen molar-refractivity contribution in [1.82, 2.24) is 0 Å². The van der Waals surface area contributed by atoms with Crippen molar-refractivity contribution in [3.8, 4) is 0 Å². The minimum atomic E-state index is 0. The van der Waals surface area contributed by atoms with Gasteiger partial charge in [0.15, 0.2) is 0 Å². The molecular weight excluding hydrogens is 178 g/mol. The van der Waals surface area contributed by atoms with Gasteiger partial charge in [-0.15, -0.1) is 29.4 Å². The fraction of sp³-hybridized carbons (Fsp3) is 0. The third-order valence-corrected chi connectivity index (χ3v) is 0. The van der Waals surface area contributed by atoms with Gasteiger partial charge in [0.05, 0.1) is 0 Å². The van der Waals surface area contributed by atoms with Crippen LogP contribution in [-0.2, 0) is 0 Å². The molecule has 0 saturated carbocycles. The van der Waals surface area contributed by atoms with E-state index in [4.69, 9.17) is 0 Å². The molecule has 4 heavy (non-hydrogen) atoms. The molecule has 0 aromatic heterocycles. The van der Waals surface area contributed by atoms with Crippen molar-refractivity contribution in [3.05, 3.63) is 0 Å². The molecule has 0 unspecified atom stereocenters. The van der Waals surface area contributed by atoms with E-state index in [0.29, 0.717) is 0 Å². The van der Waals surface area contributed by atoms with Crippen LogP contribution in [0, 0.1) is 0 Å². The van der Waals surface area contributed by atoms with E-state index in [9.17, 15) is 0 Å². The van der Waals surface area contributed by atoms with Crippen LogP contribution in [0.2, 0.25) is 0 Å². The summed E-state index contributed by atoms with van der Waals surface area (Å²) in [6.45, 7) is 0. The summed E-state index contributed by atoms with van der Waals surface area (Å²) in [5, 5.41) is 0. The first-order chi connectivity index (χ1) is 0. The first-order valence-corrected chi connectivity index (χ1v) is 0. The molecule has 0 N–H and O–H groups in total. The maximum Gasteiger partial charge on any atom is 2.00 e. The minimum absolute atomic E-state index is 0. The van der Waals surface area contributed by atoms with Gasteiger partial charge in [-0.05, 0) is 0 Å². The summed E-state index contributed by atoms with van der Waals surface area (Å²) in [4.78, 5) is 0. The molecule has 0 rings (SSSR count). The Hall–Kier alpha value is 3.03. The standard InChI is InChI=1S/BrH.Ca.ClH.Na.3H/h1H;;1H;;;;/q;+2;;+1;3*-1. The summed E-state index contributed by atoms with van der Waals surface area (Å²) < 4.78 is 0. The van der Waals surface area contributed by atoms with Crippen molar-refractivity contribution >= 4 is 67.1 Å². The zero-order chi connectivity index (χ0) is 0. The summed E-state index contributed by atoms with van der Waals surface area (Å²) in [5.41, 5.74) is 0. The normalized spacial score (nSPS) is 0. The Morgan fingerprint density at radius 3 is 1.25 bits per heavy atom. The Balaban J connectivity index is 0. The molecule has 0 atom stereocenters. The molecule has 0 bridgehead atoms. The van der Waals surface area contributed by atoms with Crippen LogP contribution in [0.1, 0.15) is 4.28 Å². The van der Waals surface area contributed by atoms with Crippen molar-refractivity contribution in [2.24, 2.45) is 0 Å². The van der Waals surface area contributed by atoms with E-state index >= 15 is 0 Å². The molecule has 0 amide bonds. The molecule has 0 aliphatic rings. The van der Waals surface area contributed by atoms with Crippen molar-refractivity contribution in [1.29, 1.82) is 0 Å². The molecule has 0 saturated heterocycles. The number of hydrogen-bond donors (Lipinski definition) is 0.